The number of carboxylic acid groups (broad SMARTS) is 3. The molecular formula is C20H35N7O9. The van der Waals surface area contributed by atoms with Gasteiger partial charge in [-0.25, -0.2) is 4.79 Å². The van der Waals surface area contributed by atoms with Crippen molar-refractivity contribution in [2.24, 2.45) is 28.1 Å². The van der Waals surface area contributed by atoms with Crippen LogP contribution in [0.5, 0.6) is 0 Å². The molecule has 3 amide bonds. The van der Waals surface area contributed by atoms with Gasteiger partial charge in [-0.05, 0) is 25.2 Å². The largest absolute Gasteiger partial charge is 0.481 e. The van der Waals surface area contributed by atoms with E-state index in [0.717, 1.165) is 0 Å². The zero-order chi connectivity index (χ0) is 28.0. The highest BCUT2D eigenvalue weighted by Gasteiger charge is 2.31. The van der Waals surface area contributed by atoms with Crippen molar-refractivity contribution in [3.63, 3.8) is 0 Å². The summed E-state index contributed by atoms with van der Waals surface area (Å²) in [5.41, 5.74) is 16.1. The first-order valence-electron chi connectivity index (χ1n) is 11.0. The van der Waals surface area contributed by atoms with E-state index < -0.39 is 72.6 Å². The second kappa shape index (κ2) is 15.9. The van der Waals surface area contributed by atoms with Crippen molar-refractivity contribution in [1.82, 2.24) is 16.0 Å². The van der Waals surface area contributed by atoms with E-state index in [2.05, 4.69) is 20.9 Å². The highest BCUT2D eigenvalue weighted by atomic mass is 16.4. The van der Waals surface area contributed by atoms with Gasteiger partial charge in [0.15, 0.2) is 5.96 Å². The van der Waals surface area contributed by atoms with Gasteiger partial charge in [-0.2, -0.15) is 0 Å². The lowest BCUT2D eigenvalue weighted by Gasteiger charge is -2.25. The molecule has 12 N–H and O–H groups in total. The molecule has 0 radical (unpaired) electrons. The smallest absolute Gasteiger partial charge is 0.326 e. The fraction of sp³-hybridized carbons (Fsp3) is 0.650. The van der Waals surface area contributed by atoms with Gasteiger partial charge in [-0.15, -0.1) is 0 Å². The summed E-state index contributed by atoms with van der Waals surface area (Å²) in [4.78, 5) is 74.8. The first kappa shape index (κ1) is 32.0. The number of carbonyl (C=O) groups is 6. The van der Waals surface area contributed by atoms with E-state index in [0.29, 0.717) is 0 Å². The number of carbonyl (C=O) groups excluding carboxylic acids is 3. The summed E-state index contributed by atoms with van der Waals surface area (Å²) >= 11 is 0. The molecule has 204 valence electrons. The standard InChI is InChI=1S/C20H35N7O9/c1-9(2)6-12(18(34)27-13(19(35)36)8-15(30)31)26-17(33)11(4-3-5-24-20(22)23)25-16(32)10(21)7-14(28)29/h9-13H,3-8,21H2,1-2H3,(H,25,32)(H,26,33)(H,27,34)(H,28,29)(H,30,31)(H,35,36)(H4,22,23,24). The summed E-state index contributed by atoms with van der Waals surface area (Å²) in [6.07, 6.45) is -1.31. The minimum Gasteiger partial charge on any atom is -0.481 e. The monoisotopic (exact) mass is 517 g/mol. The third-order valence-electron chi connectivity index (χ3n) is 4.64. The summed E-state index contributed by atoms with van der Waals surface area (Å²) in [6, 6.07) is -5.70. The van der Waals surface area contributed by atoms with Crippen LogP contribution in [0.2, 0.25) is 0 Å². The number of hydrogen-bond donors (Lipinski definition) is 9. The zero-order valence-electron chi connectivity index (χ0n) is 20.1. The Balaban J connectivity index is 5.65. The van der Waals surface area contributed by atoms with Gasteiger partial charge in [0.25, 0.3) is 0 Å². The Labute approximate surface area is 207 Å². The summed E-state index contributed by atoms with van der Waals surface area (Å²) in [7, 11) is 0. The molecule has 0 saturated carbocycles. The van der Waals surface area contributed by atoms with Crippen LogP contribution in [-0.2, 0) is 28.8 Å². The van der Waals surface area contributed by atoms with Crippen molar-refractivity contribution in [1.29, 1.82) is 0 Å². The minimum absolute atomic E-state index is 0.0130. The third kappa shape index (κ3) is 13.7. The molecule has 0 bridgehead atoms. The van der Waals surface area contributed by atoms with Crippen LogP contribution >= 0.6 is 0 Å². The van der Waals surface area contributed by atoms with Crippen molar-refractivity contribution in [3.05, 3.63) is 0 Å². The van der Waals surface area contributed by atoms with Gasteiger partial charge >= 0.3 is 17.9 Å². The van der Waals surface area contributed by atoms with Crippen LogP contribution in [0.3, 0.4) is 0 Å². The van der Waals surface area contributed by atoms with Crippen LogP contribution in [0.4, 0.5) is 0 Å². The van der Waals surface area contributed by atoms with Crippen molar-refractivity contribution >= 4 is 41.6 Å². The topological polar surface area (TPSA) is 290 Å². The Morgan fingerprint density at radius 1 is 0.778 bits per heavy atom. The number of guanidine groups is 1. The Kier molecular flexibility index (Phi) is 14.1. The average Bonchev–Trinajstić information content (AvgIpc) is 2.73. The van der Waals surface area contributed by atoms with Crippen molar-refractivity contribution in [2.45, 2.75) is 70.1 Å². The minimum atomic E-state index is -1.73. The van der Waals surface area contributed by atoms with Crippen LogP contribution in [0.15, 0.2) is 4.99 Å². The second-order valence-electron chi connectivity index (χ2n) is 8.40. The number of nitrogens with one attached hydrogen (secondary N) is 3. The molecule has 16 heteroatoms. The summed E-state index contributed by atoms with van der Waals surface area (Å²) in [5, 5.41) is 33.7. The van der Waals surface area contributed by atoms with Gasteiger partial charge in [0.1, 0.15) is 18.1 Å². The SMILES string of the molecule is CC(C)CC(NC(=O)C(CCCN=C(N)N)NC(=O)C(N)CC(=O)O)C(=O)NC(CC(=O)O)C(=O)O. The first-order chi connectivity index (χ1) is 16.6. The maximum absolute atomic E-state index is 13.0. The molecule has 0 saturated heterocycles. The molecule has 4 unspecified atom stereocenters. The van der Waals surface area contributed by atoms with E-state index >= 15 is 0 Å². The van der Waals surface area contributed by atoms with Crippen LogP contribution in [-0.4, -0.2) is 87.6 Å². The van der Waals surface area contributed by atoms with Gasteiger partial charge in [-0.1, -0.05) is 13.8 Å². The van der Waals surface area contributed by atoms with Gasteiger partial charge in [0.05, 0.1) is 18.9 Å². The van der Waals surface area contributed by atoms with E-state index in [-0.39, 0.29) is 37.7 Å². The summed E-state index contributed by atoms with van der Waals surface area (Å²) in [6.45, 7) is 3.57. The Bertz CT molecular complexity index is 843. The van der Waals surface area contributed by atoms with Crippen molar-refractivity contribution in [3.8, 4) is 0 Å². The van der Waals surface area contributed by atoms with E-state index in [1.54, 1.807) is 13.8 Å². The number of rotatable bonds is 17. The van der Waals surface area contributed by atoms with E-state index in [1.165, 1.54) is 0 Å². The number of aliphatic carboxylic acids is 3. The van der Waals surface area contributed by atoms with Crippen molar-refractivity contribution in [2.75, 3.05) is 6.54 Å². The maximum atomic E-state index is 13.0. The number of carboxylic acids is 3. The Morgan fingerprint density at radius 3 is 1.75 bits per heavy atom. The molecule has 0 aromatic heterocycles. The molecule has 0 aliphatic carbocycles. The lowest BCUT2D eigenvalue weighted by molar-refractivity contribution is -0.147. The Morgan fingerprint density at radius 2 is 1.28 bits per heavy atom. The summed E-state index contributed by atoms with van der Waals surface area (Å²) in [5.74, 6) is -7.37. The molecule has 0 aromatic carbocycles. The van der Waals surface area contributed by atoms with Gasteiger partial charge in [0.2, 0.25) is 17.7 Å². The zero-order valence-corrected chi connectivity index (χ0v) is 20.1. The fourth-order valence-electron chi connectivity index (χ4n) is 2.95. The third-order valence-corrected chi connectivity index (χ3v) is 4.64. The molecule has 0 aromatic rings. The molecule has 0 aliphatic heterocycles. The molecule has 0 fully saturated rings. The molecule has 0 rings (SSSR count). The van der Waals surface area contributed by atoms with E-state index in [4.69, 9.17) is 27.4 Å². The molecule has 16 nitrogen and oxygen atoms in total. The van der Waals surface area contributed by atoms with Crippen LogP contribution in [0.25, 0.3) is 0 Å². The quantitative estimate of drug-likeness (QED) is 0.0526. The second-order valence-corrected chi connectivity index (χ2v) is 8.40. The maximum Gasteiger partial charge on any atom is 0.326 e. The van der Waals surface area contributed by atoms with Gasteiger partial charge < -0.3 is 48.5 Å². The Hall–Kier alpha value is -3.95. The number of aliphatic imine (C=N–C) groups is 1. The fourth-order valence-corrected chi connectivity index (χ4v) is 2.95. The predicted octanol–water partition coefficient (Wildman–Crippen LogP) is -3.10. The molecule has 0 heterocycles. The molecule has 0 spiro atoms. The lowest BCUT2D eigenvalue weighted by Crippen LogP contribution is -2.57. The molecular weight excluding hydrogens is 482 g/mol. The molecule has 36 heavy (non-hydrogen) atoms. The lowest BCUT2D eigenvalue weighted by atomic mass is 10.0. The highest BCUT2D eigenvalue weighted by Crippen LogP contribution is 2.08. The van der Waals surface area contributed by atoms with Crippen LogP contribution < -0.4 is 33.2 Å². The van der Waals surface area contributed by atoms with E-state index in [9.17, 15) is 33.9 Å². The number of amides is 3. The van der Waals surface area contributed by atoms with Crippen LogP contribution in [0, 0.1) is 5.92 Å². The normalized spacial score (nSPS) is 14.0. The highest BCUT2D eigenvalue weighted by molar-refractivity contribution is 5.95. The molecule has 0 aliphatic rings. The first-order valence-corrected chi connectivity index (χ1v) is 11.0. The van der Waals surface area contributed by atoms with Gasteiger partial charge in [0, 0.05) is 6.54 Å². The van der Waals surface area contributed by atoms with Crippen molar-refractivity contribution < 1.29 is 44.1 Å². The summed E-state index contributed by atoms with van der Waals surface area (Å²) < 4.78 is 0. The van der Waals surface area contributed by atoms with E-state index in [1.807, 2.05) is 0 Å². The van der Waals surface area contributed by atoms with Crippen LogP contribution in [0.1, 0.15) is 46.0 Å². The number of hydrogen-bond acceptors (Lipinski definition) is 8. The predicted molar refractivity (Wildman–Crippen MR) is 125 cm³/mol. The molecule has 4 atom stereocenters. The average molecular weight is 518 g/mol. The number of nitrogens with two attached hydrogens (primary N) is 3. The number of nitrogens with zero attached hydrogens (tertiary/aromatic N) is 1. The van der Waals surface area contributed by atoms with Gasteiger partial charge in [-0.3, -0.25) is 29.0 Å².